The fourth-order valence-electron chi connectivity index (χ4n) is 2.83. The van der Waals surface area contributed by atoms with Crippen molar-refractivity contribution in [2.45, 2.75) is 25.7 Å². The molecular weight excluding hydrogens is 284 g/mol. The molecule has 1 fully saturated rings. The number of benzene rings is 1. The number of anilines is 1. The second kappa shape index (κ2) is 5.11. The molecule has 1 aliphatic rings. The van der Waals surface area contributed by atoms with Crippen molar-refractivity contribution >= 4 is 26.7 Å². The van der Waals surface area contributed by atoms with E-state index in [0.717, 1.165) is 42.5 Å². The van der Waals surface area contributed by atoms with Crippen molar-refractivity contribution in [3.8, 4) is 0 Å². The molecule has 6 heteroatoms. The topological polar surface area (TPSA) is 55.1 Å². The van der Waals surface area contributed by atoms with Crippen LogP contribution in [0.25, 0.3) is 10.2 Å². The van der Waals surface area contributed by atoms with Crippen LogP contribution in [0.15, 0.2) is 28.8 Å². The largest absolute Gasteiger partial charge is 0.347 e. The number of para-hydroxylation sites is 1. The molecule has 0 bridgehead atoms. The second-order valence-electron chi connectivity index (χ2n) is 5.43. The quantitative estimate of drug-likeness (QED) is 0.726. The molecule has 1 saturated heterocycles. The molecule has 4 rings (SSSR count). The summed E-state index contributed by atoms with van der Waals surface area (Å²) < 4.78 is 6.58. The molecule has 0 N–H and O–H groups in total. The summed E-state index contributed by atoms with van der Waals surface area (Å²) in [6, 6.07) is 8.29. The molecule has 0 aliphatic carbocycles. The van der Waals surface area contributed by atoms with Gasteiger partial charge in [0.2, 0.25) is 5.89 Å². The molecule has 1 aliphatic heterocycles. The van der Waals surface area contributed by atoms with Crippen molar-refractivity contribution in [3.05, 3.63) is 36.0 Å². The molecular formula is C15H16N4OS. The van der Waals surface area contributed by atoms with E-state index in [-0.39, 0.29) is 0 Å². The average molecular weight is 300 g/mol. The first kappa shape index (κ1) is 12.8. The molecule has 0 saturated carbocycles. The van der Waals surface area contributed by atoms with Crippen LogP contribution in [0.4, 0.5) is 5.13 Å². The first-order valence-electron chi connectivity index (χ1n) is 7.20. The lowest BCUT2D eigenvalue weighted by atomic mass is 9.98. The van der Waals surface area contributed by atoms with Crippen molar-refractivity contribution in [3.63, 3.8) is 0 Å². The zero-order valence-corrected chi connectivity index (χ0v) is 12.6. The lowest BCUT2D eigenvalue weighted by Gasteiger charge is -2.30. The summed E-state index contributed by atoms with van der Waals surface area (Å²) in [5, 5.41) is 5.00. The monoisotopic (exact) mass is 300 g/mol. The van der Waals surface area contributed by atoms with Gasteiger partial charge in [-0.2, -0.15) is 4.98 Å². The maximum Gasteiger partial charge on any atom is 0.231 e. The predicted molar refractivity (Wildman–Crippen MR) is 82.8 cm³/mol. The van der Waals surface area contributed by atoms with E-state index in [1.807, 2.05) is 13.0 Å². The number of aryl methyl sites for hydroxylation is 1. The minimum atomic E-state index is 0.312. The summed E-state index contributed by atoms with van der Waals surface area (Å²) >= 11 is 1.75. The minimum Gasteiger partial charge on any atom is -0.347 e. The van der Waals surface area contributed by atoms with Crippen molar-refractivity contribution in [1.29, 1.82) is 0 Å². The third kappa shape index (κ3) is 2.40. The van der Waals surface area contributed by atoms with Gasteiger partial charge in [0.1, 0.15) is 0 Å². The van der Waals surface area contributed by atoms with Gasteiger partial charge in [-0.3, -0.25) is 0 Å². The Kier molecular flexibility index (Phi) is 3.11. The fraction of sp³-hybridized carbons (Fsp3) is 0.400. The molecule has 0 amide bonds. The zero-order valence-electron chi connectivity index (χ0n) is 11.8. The van der Waals surface area contributed by atoms with Crippen molar-refractivity contribution < 1.29 is 4.52 Å². The van der Waals surface area contributed by atoms with Crippen LogP contribution in [0.5, 0.6) is 0 Å². The first-order valence-corrected chi connectivity index (χ1v) is 8.02. The van der Waals surface area contributed by atoms with Gasteiger partial charge in [-0.1, -0.05) is 28.6 Å². The van der Waals surface area contributed by atoms with E-state index in [4.69, 9.17) is 9.51 Å². The van der Waals surface area contributed by atoms with Crippen molar-refractivity contribution in [2.24, 2.45) is 0 Å². The summed E-state index contributed by atoms with van der Waals surface area (Å²) in [6.07, 6.45) is 2.23. The van der Waals surface area contributed by atoms with Gasteiger partial charge in [-0.05, 0) is 31.9 Å². The standard InChI is InChI=1S/C15H16N4OS/c1-10-16-14(20-18-10)11-5-4-8-19(9-11)15-17-12-6-2-3-7-13(12)21-15/h2-3,6-7,11H,4-5,8-9H2,1H3/t11-/m0/s1. The van der Waals surface area contributed by atoms with Gasteiger partial charge < -0.3 is 9.42 Å². The maximum absolute atomic E-state index is 5.34. The molecule has 108 valence electrons. The molecule has 0 spiro atoms. The summed E-state index contributed by atoms with van der Waals surface area (Å²) in [6.45, 7) is 3.81. The zero-order chi connectivity index (χ0) is 14.2. The predicted octanol–water partition coefficient (Wildman–Crippen LogP) is 3.37. The summed E-state index contributed by atoms with van der Waals surface area (Å²) in [5.74, 6) is 1.78. The Morgan fingerprint density at radius 3 is 3.00 bits per heavy atom. The molecule has 2 aromatic heterocycles. The highest BCUT2D eigenvalue weighted by atomic mass is 32.1. The maximum atomic E-state index is 5.34. The average Bonchev–Trinajstić information content (AvgIpc) is 3.13. The van der Waals surface area contributed by atoms with Gasteiger partial charge in [0, 0.05) is 13.1 Å². The number of thiazole rings is 1. The number of aromatic nitrogens is 3. The highest BCUT2D eigenvalue weighted by Crippen LogP contribution is 2.33. The lowest BCUT2D eigenvalue weighted by molar-refractivity contribution is 0.331. The van der Waals surface area contributed by atoms with E-state index in [0.29, 0.717) is 11.7 Å². The number of piperidine rings is 1. The highest BCUT2D eigenvalue weighted by Gasteiger charge is 2.27. The van der Waals surface area contributed by atoms with Crippen LogP contribution in [-0.4, -0.2) is 28.2 Å². The van der Waals surface area contributed by atoms with Crippen molar-refractivity contribution in [1.82, 2.24) is 15.1 Å². The number of rotatable bonds is 2. The fourth-order valence-corrected chi connectivity index (χ4v) is 3.83. The molecule has 1 aromatic carbocycles. The van der Waals surface area contributed by atoms with E-state index >= 15 is 0 Å². The van der Waals surface area contributed by atoms with Crippen LogP contribution >= 0.6 is 11.3 Å². The third-order valence-electron chi connectivity index (χ3n) is 3.87. The van der Waals surface area contributed by atoms with Gasteiger partial charge >= 0.3 is 0 Å². The van der Waals surface area contributed by atoms with Crippen LogP contribution < -0.4 is 4.90 Å². The van der Waals surface area contributed by atoms with Crippen molar-refractivity contribution in [2.75, 3.05) is 18.0 Å². The molecule has 0 radical (unpaired) electrons. The van der Waals surface area contributed by atoms with E-state index in [9.17, 15) is 0 Å². The molecule has 3 heterocycles. The van der Waals surface area contributed by atoms with E-state index in [2.05, 4.69) is 33.2 Å². The smallest absolute Gasteiger partial charge is 0.231 e. The van der Waals surface area contributed by atoms with Gasteiger partial charge in [-0.15, -0.1) is 0 Å². The van der Waals surface area contributed by atoms with Crippen LogP contribution in [0, 0.1) is 6.92 Å². The second-order valence-corrected chi connectivity index (χ2v) is 6.44. The Morgan fingerprint density at radius 1 is 1.29 bits per heavy atom. The Balaban J connectivity index is 1.60. The van der Waals surface area contributed by atoms with Crippen LogP contribution in [0.1, 0.15) is 30.5 Å². The molecule has 0 unspecified atom stereocenters. The van der Waals surface area contributed by atoms with E-state index in [1.165, 1.54) is 4.70 Å². The van der Waals surface area contributed by atoms with Gasteiger partial charge in [-0.25, -0.2) is 4.98 Å². The number of hydrogen-bond donors (Lipinski definition) is 0. The summed E-state index contributed by atoms with van der Waals surface area (Å²) in [4.78, 5) is 11.5. The molecule has 1 atom stereocenters. The van der Waals surface area contributed by atoms with E-state index < -0.39 is 0 Å². The Morgan fingerprint density at radius 2 is 2.19 bits per heavy atom. The van der Waals surface area contributed by atoms with Gasteiger partial charge in [0.25, 0.3) is 0 Å². The summed E-state index contributed by atoms with van der Waals surface area (Å²) in [5.41, 5.74) is 1.08. The van der Waals surface area contributed by atoms with Crippen LogP contribution in [0.3, 0.4) is 0 Å². The minimum absolute atomic E-state index is 0.312. The number of fused-ring (bicyclic) bond motifs is 1. The molecule has 3 aromatic rings. The first-order chi connectivity index (χ1) is 10.3. The lowest BCUT2D eigenvalue weighted by Crippen LogP contribution is -2.34. The van der Waals surface area contributed by atoms with E-state index in [1.54, 1.807) is 11.3 Å². The molecule has 5 nitrogen and oxygen atoms in total. The van der Waals surface area contributed by atoms with Crippen LogP contribution in [0.2, 0.25) is 0 Å². The van der Waals surface area contributed by atoms with Gasteiger partial charge in [0.15, 0.2) is 11.0 Å². The highest BCUT2D eigenvalue weighted by molar-refractivity contribution is 7.22. The summed E-state index contributed by atoms with van der Waals surface area (Å²) in [7, 11) is 0. The normalized spacial score (nSPS) is 19.3. The number of hydrogen-bond acceptors (Lipinski definition) is 6. The third-order valence-corrected chi connectivity index (χ3v) is 4.96. The Bertz CT molecular complexity index is 733. The SMILES string of the molecule is Cc1noc([C@H]2CCCN(c3nc4ccccc4s3)C2)n1. The van der Waals surface area contributed by atoms with Gasteiger partial charge in [0.05, 0.1) is 16.1 Å². The van der Waals surface area contributed by atoms with Crippen LogP contribution in [-0.2, 0) is 0 Å². The Hall–Kier alpha value is -1.95. The molecule has 21 heavy (non-hydrogen) atoms. The number of nitrogens with zero attached hydrogens (tertiary/aromatic N) is 4. The Labute approximate surface area is 126 Å².